The van der Waals surface area contributed by atoms with Gasteiger partial charge in [-0.05, 0) is 25.0 Å². The second-order valence-corrected chi connectivity index (χ2v) is 5.62. The number of rotatable bonds is 8. The molecule has 0 unspecified atom stereocenters. The lowest BCUT2D eigenvalue weighted by Crippen LogP contribution is -2.43. The molecular weight excluding hydrogens is 232 g/mol. The predicted octanol–water partition coefficient (Wildman–Crippen LogP) is 0.789. The van der Waals surface area contributed by atoms with E-state index in [1.165, 1.54) is 12.8 Å². The molecule has 3 nitrogen and oxygen atoms in total. The third kappa shape index (κ3) is 6.95. The molecule has 1 rings (SSSR count). The average Bonchev–Trinajstić information content (AvgIpc) is 2.36. The number of hydrogen-bond donors (Lipinski definition) is 2. The van der Waals surface area contributed by atoms with Crippen molar-refractivity contribution in [2.45, 2.75) is 25.3 Å². The third-order valence-electron chi connectivity index (χ3n) is 3.03. The monoisotopic (exact) mass is 256 g/mol. The Morgan fingerprint density at radius 3 is 2.76 bits per heavy atom. The number of terminal acetylenes is 1. The van der Waals surface area contributed by atoms with Gasteiger partial charge in [0, 0.05) is 38.0 Å². The van der Waals surface area contributed by atoms with E-state index < -0.39 is 0 Å². The van der Waals surface area contributed by atoms with E-state index >= 15 is 0 Å². The largest absolute Gasteiger partial charge is 0.396 e. The van der Waals surface area contributed by atoms with Crippen molar-refractivity contribution >= 4 is 11.8 Å². The molecule has 1 fully saturated rings. The molecule has 4 heteroatoms. The molecule has 0 aromatic carbocycles. The number of thioether (sulfide) groups is 1. The van der Waals surface area contributed by atoms with Gasteiger partial charge >= 0.3 is 0 Å². The van der Waals surface area contributed by atoms with Gasteiger partial charge in [-0.15, -0.1) is 6.42 Å². The fourth-order valence-electron chi connectivity index (χ4n) is 2.03. The highest BCUT2D eigenvalue weighted by Crippen LogP contribution is 2.09. The Kier molecular flexibility index (Phi) is 8.55. The molecule has 0 radical (unpaired) electrons. The molecule has 0 bridgehead atoms. The van der Waals surface area contributed by atoms with Crippen LogP contribution in [0.25, 0.3) is 0 Å². The molecule has 0 aromatic rings. The number of piperidine rings is 1. The summed E-state index contributed by atoms with van der Waals surface area (Å²) in [6.45, 7) is 4.44. The van der Waals surface area contributed by atoms with Crippen LogP contribution in [0.4, 0.5) is 0 Å². The lowest BCUT2D eigenvalue weighted by atomic mass is 10.1. The van der Waals surface area contributed by atoms with Crippen molar-refractivity contribution < 1.29 is 5.11 Å². The zero-order valence-electron chi connectivity index (χ0n) is 10.5. The van der Waals surface area contributed by atoms with E-state index in [4.69, 9.17) is 11.5 Å². The van der Waals surface area contributed by atoms with Gasteiger partial charge in [0.05, 0.1) is 6.54 Å². The highest BCUT2D eigenvalue weighted by Gasteiger charge is 2.17. The number of likely N-dealkylation sites (tertiary alicyclic amines) is 1. The molecule has 2 N–H and O–H groups in total. The van der Waals surface area contributed by atoms with Crippen LogP contribution in [-0.4, -0.2) is 60.3 Å². The van der Waals surface area contributed by atoms with Crippen molar-refractivity contribution in [3.05, 3.63) is 0 Å². The first-order chi connectivity index (χ1) is 8.36. The van der Waals surface area contributed by atoms with Gasteiger partial charge in [0.25, 0.3) is 0 Å². The molecule has 0 atom stereocenters. The number of hydrogen-bond acceptors (Lipinski definition) is 4. The van der Waals surface area contributed by atoms with E-state index in [1.54, 1.807) is 0 Å². The van der Waals surface area contributed by atoms with Gasteiger partial charge in [-0.25, -0.2) is 0 Å². The first kappa shape index (κ1) is 14.8. The summed E-state index contributed by atoms with van der Waals surface area (Å²) in [7, 11) is 0. The zero-order valence-corrected chi connectivity index (χ0v) is 11.3. The van der Waals surface area contributed by atoms with E-state index in [2.05, 4.69) is 16.1 Å². The number of nitrogens with one attached hydrogen (secondary N) is 1. The van der Waals surface area contributed by atoms with Crippen LogP contribution in [0, 0.1) is 12.3 Å². The fourth-order valence-corrected chi connectivity index (χ4v) is 2.83. The molecule has 0 spiro atoms. The molecule has 0 amide bonds. The van der Waals surface area contributed by atoms with Crippen molar-refractivity contribution in [3.8, 4) is 12.3 Å². The van der Waals surface area contributed by atoms with Crippen molar-refractivity contribution in [1.29, 1.82) is 0 Å². The van der Waals surface area contributed by atoms with Crippen molar-refractivity contribution in [2.75, 3.05) is 44.3 Å². The molecular formula is C13H24N2OS. The first-order valence-corrected chi connectivity index (χ1v) is 7.60. The lowest BCUT2D eigenvalue weighted by Gasteiger charge is -2.31. The summed E-state index contributed by atoms with van der Waals surface area (Å²) in [5, 5.41) is 12.2. The Labute approximate surface area is 109 Å². The highest BCUT2D eigenvalue weighted by atomic mass is 32.2. The normalized spacial score (nSPS) is 18.1. The summed E-state index contributed by atoms with van der Waals surface area (Å²) >= 11 is 1.92. The maximum Gasteiger partial charge on any atom is 0.0598 e. The van der Waals surface area contributed by atoms with Gasteiger partial charge in [0.15, 0.2) is 0 Å². The summed E-state index contributed by atoms with van der Waals surface area (Å²) in [6, 6.07) is 0.669. The summed E-state index contributed by atoms with van der Waals surface area (Å²) in [5.41, 5.74) is 0. The SMILES string of the molecule is C#CCN1CCC(NCCSCCCO)CC1. The molecule has 1 saturated heterocycles. The molecule has 1 heterocycles. The standard InChI is InChI=1S/C13H24N2OS/c1-2-7-15-8-4-13(5-9-15)14-6-12-17-11-3-10-16/h1,13-14,16H,3-12H2. The lowest BCUT2D eigenvalue weighted by molar-refractivity contribution is 0.219. The van der Waals surface area contributed by atoms with Gasteiger partial charge in [-0.1, -0.05) is 5.92 Å². The molecule has 1 aliphatic rings. The van der Waals surface area contributed by atoms with Crippen LogP contribution in [0.5, 0.6) is 0 Å². The fraction of sp³-hybridized carbons (Fsp3) is 0.846. The van der Waals surface area contributed by atoms with Crippen LogP contribution in [0.2, 0.25) is 0 Å². The van der Waals surface area contributed by atoms with E-state index in [9.17, 15) is 0 Å². The van der Waals surface area contributed by atoms with Crippen molar-refractivity contribution in [2.24, 2.45) is 0 Å². The quantitative estimate of drug-likeness (QED) is 0.497. The minimum Gasteiger partial charge on any atom is -0.396 e. The molecule has 98 valence electrons. The number of nitrogens with zero attached hydrogens (tertiary/aromatic N) is 1. The van der Waals surface area contributed by atoms with Gasteiger partial charge < -0.3 is 10.4 Å². The highest BCUT2D eigenvalue weighted by molar-refractivity contribution is 7.99. The Hall–Kier alpha value is -0.210. The average molecular weight is 256 g/mol. The van der Waals surface area contributed by atoms with Gasteiger partial charge in [0.1, 0.15) is 0 Å². The molecule has 1 aliphatic heterocycles. The van der Waals surface area contributed by atoms with Crippen LogP contribution in [0.1, 0.15) is 19.3 Å². The minimum absolute atomic E-state index is 0.314. The summed E-state index contributed by atoms with van der Waals surface area (Å²) in [5.74, 6) is 4.92. The zero-order chi connectivity index (χ0) is 12.3. The van der Waals surface area contributed by atoms with Gasteiger partial charge in [-0.2, -0.15) is 11.8 Å². The van der Waals surface area contributed by atoms with Crippen LogP contribution >= 0.6 is 11.8 Å². The number of aliphatic hydroxyl groups excluding tert-OH is 1. The van der Waals surface area contributed by atoms with Crippen molar-refractivity contribution in [1.82, 2.24) is 10.2 Å². The summed E-state index contributed by atoms with van der Waals surface area (Å²) < 4.78 is 0. The van der Waals surface area contributed by atoms with Crippen LogP contribution in [0.15, 0.2) is 0 Å². The van der Waals surface area contributed by atoms with Gasteiger partial charge in [-0.3, -0.25) is 4.90 Å². The molecule has 0 aliphatic carbocycles. The van der Waals surface area contributed by atoms with E-state index in [1.807, 2.05) is 11.8 Å². The maximum atomic E-state index is 8.65. The summed E-state index contributed by atoms with van der Waals surface area (Å²) in [6.07, 6.45) is 8.64. The van der Waals surface area contributed by atoms with Crippen LogP contribution < -0.4 is 5.32 Å². The van der Waals surface area contributed by atoms with Crippen LogP contribution in [0.3, 0.4) is 0 Å². The Bertz CT molecular complexity index is 222. The topological polar surface area (TPSA) is 35.5 Å². The first-order valence-electron chi connectivity index (χ1n) is 6.44. The van der Waals surface area contributed by atoms with Crippen molar-refractivity contribution in [3.63, 3.8) is 0 Å². The second-order valence-electron chi connectivity index (χ2n) is 4.40. The Morgan fingerprint density at radius 1 is 1.35 bits per heavy atom. The van der Waals surface area contributed by atoms with E-state index in [-0.39, 0.29) is 0 Å². The smallest absolute Gasteiger partial charge is 0.0598 e. The maximum absolute atomic E-state index is 8.65. The third-order valence-corrected chi connectivity index (χ3v) is 4.10. The minimum atomic E-state index is 0.314. The Balaban J connectivity index is 1.94. The number of aliphatic hydroxyl groups is 1. The second kappa shape index (κ2) is 9.78. The molecule has 17 heavy (non-hydrogen) atoms. The van der Waals surface area contributed by atoms with Crippen LogP contribution in [-0.2, 0) is 0 Å². The predicted molar refractivity (Wildman–Crippen MR) is 75.3 cm³/mol. The summed E-state index contributed by atoms with van der Waals surface area (Å²) in [4.78, 5) is 2.34. The molecule has 0 saturated carbocycles. The van der Waals surface area contributed by atoms with Gasteiger partial charge in [0.2, 0.25) is 0 Å². The molecule has 0 aromatic heterocycles. The van der Waals surface area contributed by atoms with E-state index in [0.717, 1.165) is 44.1 Å². The van der Waals surface area contributed by atoms with E-state index in [0.29, 0.717) is 12.6 Å². The Morgan fingerprint density at radius 2 is 2.12 bits per heavy atom.